The number of hydrogen-bond donors (Lipinski definition) is 5. The first-order valence-electron chi connectivity index (χ1n) is 17.8. The highest BCUT2D eigenvalue weighted by Gasteiger charge is 2.70. The van der Waals surface area contributed by atoms with Crippen molar-refractivity contribution in [1.29, 1.82) is 0 Å². The number of sulfonamides is 1. The van der Waals surface area contributed by atoms with Crippen molar-refractivity contribution < 1.29 is 32.4 Å². The molecular weight excluding hydrogens is 636 g/mol. The second-order valence-electron chi connectivity index (χ2n) is 16.8. The number of carbonyl (C=O) groups excluding carboxylic acids is 5. The number of carbonyl (C=O) groups is 5. The number of fused-ring (bicyclic) bond motifs is 1. The Morgan fingerprint density at radius 1 is 0.938 bits per heavy atom. The zero-order chi connectivity index (χ0) is 35.2. The van der Waals surface area contributed by atoms with Crippen LogP contribution in [-0.2, 0) is 29.2 Å². The van der Waals surface area contributed by atoms with Gasteiger partial charge in [-0.2, -0.15) is 0 Å². The van der Waals surface area contributed by atoms with E-state index in [9.17, 15) is 32.4 Å². The van der Waals surface area contributed by atoms with Gasteiger partial charge in [-0.15, -0.1) is 0 Å². The summed E-state index contributed by atoms with van der Waals surface area (Å²) in [5.41, 5.74) is -1.91. The Morgan fingerprint density at radius 3 is 2.15 bits per heavy atom. The number of rotatable bonds is 14. The molecule has 5 N–H and O–H groups in total. The van der Waals surface area contributed by atoms with Gasteiger partial charge < -0.3 is 26.2 Å². The van der Waals surface area contributed by atoms with E-state index in [1.807, 2.05) is 20.8 Å². The number of likely N-dealkylation sites (tertiary alicyclic amines) is 1. The minimum Gasteiger partial charge on any atom is -0.347 e. The van der Waals surface area contributed by atoms with Gasteiger partial charge in [0.05, 0.1) is 17.3 Å². The molecule has 4 saturated carbocycles. The summed E-state index contributed by atoms with van der Waals surface area (Å²) in [5, 5.41) is 11.4. The number of Topliss-reactive ketones (excluding diaryl/α,β-unsaturated/α-hetero) is 1. The van der Waals surface area contributed by atoms with Gasteiger partial charge in [0.15, 0.2) is 0 Å². The van der Waals surface area contributed by atoms with Crippen LogP contribution in [-0.4, -0.2) is 91.9 Å². The van der Waals surface area contributed by atoms with Crippen LogP contribution in [0.25, 0.3) is 0 Å². The molecule has 5 unspecified atom stereocenters. The molecule has 4 aliphatic carbocycles. The van der Waals surface area contributed by atoms with Crippen LogP contribution < -0.4 is 26.0 Å². The van der Waals surface area contributed by atoms with Crippen LogP contribution in [0.15, 0.2) is 0 Å². The largest absolute Gasteiger partial charge is 0.347 e. The molecule has 5 rings (SSSR count). The number of nitrogens with one attached hydrogen (secondary N) is 5. The summed E-state index contributed by atoms with van der Waals surface area (Å²) >= 11 is 0. The Balaban J connectivity index is 1.33. The predicted molar refractivity (Wildman–Crippen MR) is 180 cm³/mol. The quantitative estimate of drug-likeness (QED) is 0.173. The summed E-state index contributed by atoms with van der Waals surface area (Å²) in [5.74, 6) is -2.01. The summed E-state index contributed by atoms with van der Waals surface area (Å²) in [7, 11) is -2.28. The molecule has 5 fully saturated rings. The van der Waals surface area contributed by atoms with Crippen molar-refractivity contribution in [2.24, 2.45) is 28.6 Å². The molecule has 1 aliphatic heterocycles. The van der Waals surface area contributed by atoms with Gasteiger partial charge in [0.1, 0.15) is 12.1 Å². The summed E-state index contributed by atoms with van der Waals surface area (Å²) in [6, 6.07) is -3.48. The van der Waals surface area contributed by atoms with Crippen LogP contribution in [0.3, 0.4) is 0 Å². The normalized spacial score (nSPS) is 27.2. The highest BCUT2D eigenvalue weighted by molar-refractivity contribution is 7.89. The maximum atomic E-state index is 14.4. The summed E-state index contributed by atoms with van der Waals surface area (Å²) in [4.78, 5) is 69.7. The van der Waals surface area contributed by atoms with Gasteiger partial charge >= 0.3 is 6.03 Å². The lowest BCUT2D eigenvalue weighted by Crippen LogP contribution is -2.64. The van der Waals surface area contributed by atoms with E-state index in [0.717, 1.165) is 51.4 Å². The molecular formula is C34H56N6O7S. The molecule has 13 nitrogen and oxygen atoms in total. The Kier molecular flexibility index (Phi) is 10.3. The van der Waals surface area contributed by atoms with E-state index in [-0.39, 0.29) is 29.0 Å². The van der Waals surface area contributed by atoms with E-state index in [2.05, 4.69) is 39.8 Å². The standard InChI is InChI=1S/C34H56N6O7S/c1-32(2,3)27(38-31(45)39-34(16-8-7-9-17-34)19-48(46,47)35-6)30(44)40-18-22-24(33(22,4)5)25(40)28(42)37-23(15-12-20-10-11-20)26(41)29(43)36-21-13-14-21/h20-25,27,35H,7-19H2,1-6H3,(H,36,43)(H,37,42)(H2,38,39,45). The molecule has 0 spiro atoms. The lowest BCUT2D eigenvalue weighted by atomic mass is 9.83. The lowest BCUT2D eigenvalue weighted by Gasteiger charge is -2.40. The summed E-state index contributed by atoms with van der Waals surface area (Å²) in [6.07, 6.45) is 8.43. The van der Waals surface area contributed by atoms with E-state index >= 15 is 0 Å². The van der Waals surface area contributed by atoms with E-state index in [4.69, 9.17) is 0 Å². The minimum atomic E-state index is -3.63. The maximum absolute atomic E-state index is 14.4. The average Bonchev–Trinajstić information content (AvgIpc) is 3.96. The van der Waals surface area contributed by atoms with Crippen molar-refractivity contribution >= 4 is 39.6 Å². The van der Waals surface area contributed by atoms with Crippen LogP contribution in [0, 0.1) is 28.6 Å². The molecule has 14 heteroatoms. The highest BCUT2D eigenvalue weighted by atomic mass is 32.2. The second kappa shape index (κ2) is 13.5. The SMILES string of the molecule is CNS(=O)(=O)CC1(NC(=O)NC(C(=O)N2CC3C(C2C(=O)NC(CCC2CC2)C(=O)C(=O)NC2CC2)C3(C)C)C(C)(C)C)CCCCC1. The number of piperidine rings is 1. The first kappa shape index (κ1) is 36.5. The monoisotopic (exact) mass is 692 g/mol. The molecule has 0 radical (unpaired) electrons. The fourth-order valence-corrected chi connectivity index (χ4v) is 9.22. The third-order valence-corrected chi connectivity index (χ3v) is 13.0. The van der Waals surface area contributed by atoms with E-state index in [0.29, 0.717) is 31.7 Å². The van der Waals surface area contributed by atoms with Gasteiger partial charge in [0.25, 0.3) is 5.91 Å². The van der Waals surface area contributed by atoms with E-state index in [1.165, 1.54) is 7.05 Å². The fraction of sp³-hybridized carbons (Fsp3) is 0.853. The Labute approximate surface area is 285 Å². The molecule has 5 amide bonds. The van der Waals surface area contributed by atoms with Gasteiger partial charge in [0, 0.05) is 12.6 Å². The van der Waals surface area contributed by atoms with Crippen molar-refractivity contribution in [3.05, 3.63) is 0 Å². The maximum Gasteiger partial charge on any atom is 0.315 e. The summed E-state index contributed by atoms with van der Waals surface area (Å²) < 4.78 is 27.5. The Hall–Kier alpha value is -2.74. The van der Waals surface area contributed by atoms with Crippen molar-refractivity contribution in [2.75, 3.05) is 19.3 Å². The Morgan fingerprint density at radius 2 is 1.58 bits per heavy atom. The van der Waals surface area contributed by atoms with Gasteiger partial charge in [-0.1, -0.05) is 66.7 Å². The molecule has 1 saturated heterocycles. The molecule has 5 atom stereocenters. The first-order valence-corrected chi connectivity index (χ1v) is 19.5. The number of ketones is 1. The Bertz CT molecular complexity index is 1390. The van der Waals surface area contributed by atoms with Crippen LogP contribution in [0.4, 0.5) is 4.79 Å². The van der Waals surface area contributed by atoms with Crippen molar-refractivity contribution in [3.8, 4) is 0 Å². The summed E-state index contributed by atoms with van der Waals surface area (Å²) in [6.45, 7) is 9.96. The highest BCUT2D eigenvalue weighted by Crippen LogP contribution is 2.65. The van der Waals surface area contributed by atoms with Gasteiger partial charge in [-0.05, 0) is 74.2 Å². The number of nitrogens with zero attached hydrogens (tertiary/aromatic N) is 1. The van der Waals surface area contributed by atoms with Crippen LogP contribution in [0.1, 0.15) is 105 Å². The van der Waals surface area contributed by atoms with Crippen molar-refractivity contribution in [2.45, 2.75) is 135 Å². The van der Waals surface area contributed by atoms with Crippen LogP contribution in [0.2, 0.25) is 0 Å². The molecule has 0 aromatic carbocycles. The molecule has 0 aromatic rings. The van der Waals surface area contributed by atoms with E-state index < -0.39 is 68.6 Å². The van der Waals surface area contributed by atoms with Gasteiger partial charge in [0.2, 0.25) is 27.6 Å². The smallest absolute Gasteiger partial charge is 0.315 e. The molecule has 0 aromatic heterocycles. The minimum absolute atomic E-state index is 0.0111. The van der Waals surface area contributed by atoms with E-state index in [1.54, 1.807) is 4.90 Å². The first-order chi connectivity index (χ1) is 22.4. The average molecular weight is 693 g/mol. The zero-order valence-corrected chi connectivity index (χ0v) is 30.3. The number of amides is 5. The number of hydrogen-bond acceptors (Lipinski definition) is 7. The predicted octanol–water partition coefficient (Wildman–Crippen LogP) is 1.96. The molecule has 1 heterocycles. The van der Waals surface area contributed by atoms with Crippen LogP contribution >= 0.6 is 0 Å². The molecule has 48 heavy (non-hydrogen) atoms. The second-order valence-corrected chi connectivity index (χ2v) is 18.7. The van der Waals surface area contributed by atoms with Gasteiger partial charge in [-0.25, -0.2) is 17.9 Å². The van der Waals surface area contributed by atoms with Crippen molar-refractivity contribution in [3.63, 3.8) is 0 Å². The molecule has 5 aliphatic rings. The molecule has 0 bridgehead atoms. The lowest BCUT2D eigenvalue weighted by molar-refractivity contribution is -0.145. The van der Waals surface area contributed by atoms with Crippen molar-refractivity contribution in [1.82, 2.24) is 30.9 Å². The third-order valence-electron chi connectivity index (χ3n) is 11.4. The topological polar surface area (TPSA) is 183 Å². The molecule has 270 valence electrons. The number of urea groups is 1. The zero-order valence-electron chi connectivity index (χ0n) is 29.4. The fourth-order valence-electron chi connectivity index (χ4n) is 7.98. The van der Waals surface area contributed by atoms with Crippen LogP contribution in [0.5, 0.6) is 0 Å². The van der Waals surface area contributed by atoms with Gasteiger partial charge in [-0.3, -0.25) is 19.2 Å². The third kappa shape index (κ3) is 8.34.